The summed E-state index contributed by atoms with van der Waals surface area (Å²) in [5.41, 5.74) is 11.1. The summed E-state index contributed by atoms with van der Waals surface area (Å²) in [7, 11) is 0. The summed E-state index contributed by atoms with van der Waals surface area (Å²) in [6.45, 7) is 0. The van der Waals surface area contributed by atoms with Crippen LogP contribution in [0.15, 0.2) is 171 Å². The van der Waals surface area contributed by atoms with Crippen LogP contribution < -0.4 is 4.90 Å². The van der Waals surface area contributed by atoms with E-state index in [1.54, 1.807) is 0 Å². The number of hydrogen-bond acceptors (Lipinski definition) is 5. The van der Waals surface area contributed by atoms with E-state index in [-0.39, 0.29) is 0 Å². The Morgan fingerprint density at radius 3 is 1.84 bits per heavy atom. The summed E-state index contributed by atoms with van der Waals surface area (Å²) in [6, 6.07) is 54.4. The van der Waals surface area contributed by atoms with Gasteiger partial charge in [-0.3, -0.25) is 0 Å². The Labute approximate surface area is 285 Å². The van der Waals surface area contributed by atoms with Gasteiger partial charge >= 0.3 is 0 Å². The van der Waals surface area contributed by atoms with Gasteiger partial charge in [0.2, 0.25) is 5.89 Å². The summed E-state index contributed by atoms with van der Waals surface area (Å²) < 4.78 is 19.4. The Morgan fingerprint density at radius 2 is 1.00 bits per heavy atom. The van der Waals surface area contributed by atoms with Crippen LogP contribution in [0.1, 0.15) is 0 Å². The molecule has 0 atom stereocenters. The van der Waals surface area contributed by atoms with Crippen molar-refractivity contribution in [3.05, 3.63) is 158 Å². The minimum atomic E-state index is 0.596. The molecule has 0 radical (unpaired) electrons. The zero-order chi connectivity index (χ0) is 32.8. The molecular weight excluding hydrogens is 617 g/mol. The largest absolute Gasteiger partial charge is 0.456 e. The van der Waals surface area contributed by atoms with Crippen LogP contribution in [0, 0.1) is 0 Å². The van der Waals surface area contributed by atoms with Crippen molar-refractivity contribution in [2.75, 3.05) is 4.90 Å². The van der Waals surface area contributed by atoms with Crippen LogP contribution in [0.2, 0.25) is 0 Å². The lowest BCUT2D eigenvalue weighted by Gasteiger charge is -2.26. The molecule has 5 nitrogen and oxygen atoms in total. The van der Waals surface area contributed by atoms with Gasteiger partial charge in [0.1, 0.15) is 27.8 Å². The van der Waals surface area contributed by atoms with Crippen molar-refractivity contribution < 1.29 is 13.3 Å². The van der Waals surface area contributed by atoms with Crippen molar-refractivity contribution in [3.63, 3.8) is 0 Å². The Hall–Kier alpha value is -6.85. The first-order valence-corrected chi connectivity index (χ1v) is 16.7. The highest BCUT2D eigenvalue weighted by atomic mass is 16.4. The van der Waals surface area contributed by atoms with Gasteiger partial charge in [0.25, 0.3) is 0 Å². The normalized spacial score (nSPS) is 12.0. The standard InChI is InChI=1S/C45H26N2O3/c1-3-10-27(11-4-1)28-18-20-30(21-19-28)47(31-22-23-38-35(24-31)33-14-7-8-16-37(33)48-38)32-25-36-42-40(26-32)49-39-17-9-15-34(41(39)42)44-43(36)46-45(50-44)29-12-5-2-6-13-29/h1-26H. The smallest absolute Gasteiger partial charge is 0.227 e. The highest BCUT2D eigenvalue weighted by Gasteiger charge is 2.24. The van der Waals surface area contributed by atoms with Gasteiger partial charge in [0.15, 0.2) is 5.58 Å². The van der Waals surface area contributed by atoms with E-state index in [4.69, 9.17) is 18.2 Å². The molecule has 234 valence electrons. The number of oxazole rings is 1. The average molecular weight is 643 g/mol. The lowest BCUT2D eigenvalue weighted by Crippen LogP contribution is -2.10. The van der Waals surface area contributed by atoms with E-state index >= 15 is 0 Å². The van der Waals surface area contributed by atoms with Crippen molar-refractivity contribution in [2.24, 2.45) is 0 Å². The van der Waals surface area contributed by atoms with Crippen LogP contribution in [0.4, 0.5) is 17.1 Å². The second-order valence-corrected chi connectivity index (χ2v) is 12.7. The Kier molecular flexibility index (Phi) is 5.60. The third-order valence-electron chi connectivity index (χ3n) is 9.84. The van der Waals surface area contributed by atoms with Crippen molar-refractivity contribution in [1.29, 1.82) is 0 Å². The fourth-order valence-corrected chi connectivity index (χ4v) is 7.56. The van der Waals surface area contributed by atoms with E-state index in [2.05, 4.69) is 102 Å². The van der Waals surface area contributed by atoms with Crippen molar-refractivity contribution in [2.45, 2.75) is 0 Å². The molecule has 0 aliphatic heterocycles. The van der Waals surface area contributed by atoms with E-state index in [1.165, 1.54) is 5.56 Å². The van der Waals surface area contributed by atoms with Crippen LogP contribution >= 0.6 is 0 Å². The number of fused-ring (bicyclic) bond motifs is 6. The second-order valence-electron chi connectivity index (χ2n) is 12.7. The van der Waals surface area contributed by atoms with Gasteiger partial charge in [0, 0.05) is 55.3 Å². The second kappa shape index (κ2) is 10.3. The Bertz CT molecular complexity index is 3030. The molecule has 5 heteroatoms. The monoisotopic (exact) mass is 642 g/mol. The zero-order valence-corrected chi connectivity index (χ0v) is 26.6. The summed E-state index contributed by atoms with van der Waals surface area (Å²) in [5.74, 6) is 0.596. The van der Waals surface area contributed by atoms with Crippen LogP contribution in [-0.2, 0) is 0 Å². The topological polar surface area (TPSA) is 55.6 Å². The number of benzene rings is 8. The maximum Gasteiger partial charge on any atom is 0.227 e. The molecule has 0 amide bonds. The van der Waals surface area contributed by atoms with Gasteiger partial charge in [0.05, 0.1) is 5.69 Å². The van der Waals surface area contributed by atoms with E-state index in [1.807, 2.05) is 60.7 Å². The van der Waals surface area contributed by atoms with Gasteiger partial charge in [-0.2, -0.15) is 0 Å². The SMILES string of the molecule is c1ccc(-c2ccc(N(c3ccc4oc5ccccc5c4c3)c3cc4oc5cccc6c7oc(-c8ccccc8)nc7c(c3)c4c56)cc2)cc1. The first-order valence-electron chi connectivity index (χ1n) is 16.7. The van der Waals surface area contributed by atoms with Gasteiger partial charge in [-0.05, 0) is 71.8 Å². The molecule has 0 bridgehead atoms. The number of para-hydroxylation sites is 1. The van der Waals surface area contributed by atoms with Crippen LogP contribution in [-0.4, -0.2) is 4.98 Å². The highest BCUT2D eigenvalue weighted by molar-refractivity contribution is 6.32. The molecule has 0 saturated heterocycles. The number of furan rings is 2. The van der Waals surface area contributed by atoms with Gasteiger partial charge < -0.3 is 18.2 Å². The van der Waals surface area contributed by atoms with Crippen LogP contribution in [0.3, 0.4) is 0 Å². The Morgan fingerprint density at radius 1 is 0.380 bits per heavy atom. The van der Waals surface area contributed by atoms with E-state index in [9.17, 15) is 0 Å². The van der Waals surface area contributed by atoms with E-state index in [0.29, 0.717) is 5.89 Å². The molecule has 0 N–H and O–H groups in total. The number of anilines is 3. The molecule has 11 aromatic rings. The van der Waals surface area contributed by atoms with Crippen molar-refractivity contribution >= 4 is 82.8 Å². The molecular formula is C45H26N2O3. The van der Waals surface area contributed by atoms with Gasteiger partial charge in [-0.25, -0.2) is 4.98 Å². The fraction of sp³-hybridized carbons (Fsp3) is 0. The van der Waals surface area contributed by atoms with Crippen LogP contribution in [0.25, 0.3) is 88.3 Å². The number of aromatic nitrogens is 1. The molecule has 0 fully saturated rings. The van der Waals surface area contributed by atoms with E-state index in [0.717, 1.165) is 93.9 Å². The maximum atomic E-state index is 6.61. The quantitative estimate of drug-likeness (QED) is 0.175. The molecule has 3 heterocycles. The Balaban J connectivity index is 1.19. The summed E-state index contributed by atoms with van der Waals surface area (Å²) in [4.78, 5) is 7.42. The number of nitrogens with zero attached hydrogens (tertiary/aromatic N) is 2. The number of hydrogen-bond donors (Lipinski definition) is 0. The lowest BCUT2D eigenvalue weighted by molar-refractivity contribution is 0.623. The molecule has 0 aliphatic carbocycles. The third-order valence-corrected chi connectivity index (χ3v) is 9.84. The first kappa shape index (κ1) is 27.1. The third kappa shape index (κ3) is 3.98. The van der Waals surface area contributed by atoms with Crippen molar-refractivity contribution in [1.82, 2.24) is 4.98 Å². The molecule has 0 unspecified atom stereocenters. The van der Waals surface area contributed by atoms with Gasteiger partial charge in [-0.1, -0.05) is 91.0 Å². The molecule has 11 rings (SSSR count). The molecule has 0 spiro atoms. The number of rotatable bonds is 5. The van der Waals surface area contributed by atoms with E-state index < -0.39 is 0 Å². The summed E-state index contributed by atoms with van der Waals surface area (Å²) in [5, 5.41) is 6.23. The van der Waals surface area contributed by atoms with Crippen molar-refractivity contribution in [3.8, 4) is 22.6 Å². The molecule has 0 saturated carbocycles. The maximum absolute atomic E-state index is 6.61. The highest BCUT2D eigenvalue weighted by Crippen LogP contribution is 2.47. The first-order chi connectivity index (χ1) is 24.8. The van der Waals surface area contributed by atoms with Crippen LogP contribution in [0.5, 0.6) is 0 Å². The molecule has 8 aromatic carbocycles. The lowest BCUT2D eigenvalue weighted by atomic mass is 9.99. The average Bonchev–Trinajstić information content (AvgIpc) is 3.90. The summed E-state index contributed by atoms with van der Waals surface area (Å²) in [6.07, 6.45) is 0. The minimum absolute atomic E-state index is 0.596. The molecule has 50 heavy (non-hydrogen) atoms. The zero-order valence-electron chi connectivity index (χ0n) is 26.6. The molecule has 3 aromatic heterocycles. The predicted octanol–water partition coefficient (Wildman–Crippen LogP) is 13.0. The predicted molar refractivity (Wildman–Crippen MR) is 203 cm³/mol. The summed E-state index contributed by atoms with van der Waals surface area (Å²) >= 11 is 0. The molecule has 0 aliphatic rings. The van der Waals surface area contributed by atoms with Gasteiger partial charge in [-0.15, -0.1) is 0 Å². The minimum Gasteiger partial charge on any atom is -0.456 e. The fourth-order valence-electron chi connectivity index (χ4n) is 7.56.